The molecule has 2 aromatic rings. The summed E-state index contributed by atoms with van der Waals surface area (Å²) in [4.78, 5) is 0. The molecule has 2 N–H and O–H groups in total. The number of ether oxygens (including phenoxy) is 2. The fourth-order valence-corrected chi connectivity index (χ4v) is 1.94. The van der Waals surface area contributed by atoms with Crippen molar-refractivity contribution in [2.75, 3.05) is 19.5 Å². The molecule has 0 spiro atoms. The molecule has 0 aliphatic carbocycles. The molecule has 0 saturated carbocycles. The van der Waals surface area contributed by atoms with E-state index < -0.39 is 0 Å². The molecule has 0 bridgehead atoms. The molecule has 22 heavy (non-hydrogen) atoms. The Bertz CT molecular complexity index is 657. The van der Waals surface area contributed by atoms with E-state index in [0.717, 1.165) is 22.7 Å². The molecule has 6 heteroatoms. The van der Waals surface area contributed by atoms with Gasteiger partial charge < -0.3 is 14.8 Å². The summed E-state index contributed by atoms with van der Waals surface area (Å²) in [5.41, 5.74) is 4.48. The van der Waals surface area contributed by atoms with Crippen molar-refractivity contribution in [1.29, 1.82) is 0 Å². The van der Waals surface area contributed by atoms with Crippen LogP contribution in [-0.4, -0.2) is 25.5 Å². The number of hydrazone groups is 1. The predicted octanol–water partition coefficient (Wildman–Crippen LogP) is 3.02. The summed E-state index contributed by atoms with van der Waals surface area (Å²) in [6, 6.07) is 15.0. The van der Waals surface area contributed by atoms with Crippen LogP contribution < -0.4 is 20.2 Å². The molecule has 0 saturated heterocycles. The molecular formula is C16H17N3O2S. The summed E-state index contributed by atoms with van der Waals surface area (Å²) < 4.78 is 10.3. The van der Waals surface area contributed by atoms with Crippen molar-refractivity contribution in [2.45, 2.75) is 0 Å². The van der Waals surface area contributed by atoms with Gasteiger partial charge in [0.05, 0.1) is 20.4 Å². The van der Waals surface area contributed by atoms with E-state index >= 15 is 0 Å². The molecule has 2 rings (SSSR count). The molecular weight excluding hydrogens is 298 g/mol. The van der Waals surface area contributed by atoms with E-state index in [4.69, 9.17) is 21.7 Å². The summed E-state index contributed by atoms with van der Waals surface area (Å²) in [7, 11) is 3.25. The maximum atomic E-state index is 5.24. The van der Waals surface area contributed by atoms with Gasteiger partial charge in [0.15, 0.2) is 5.11 Å². The smallest absolute Gasteiger partial charge is 0.191 e. The highest BCUT2D eigenvalue weighted by Gasteiger charge is 1.99. The van der Waals surface area contributed by atoms with Crippen molar-refractivity contribution in [3.63, 3.8) is 0 Å². The van der Waals surface area contributed by atoms with Crippen LogP contribution in [0.2, 0.25) is 0 Å². The average molecular weight is 315 g/mol. The first-order valence-electron chi connectivity index (χ1n) is 6.60. The number of benzene rings is 2. The van der Waals surface area contributed by atoms with Crippen LogP contribution in [0.3, 0.4) is 0 Å². The Morgan fingerprint density at radius 3 is 2.45 bits per heavy atom. The minimum atomic E-state index is 0.399. The first kappa shape index (κ1) is 15.8. The van der Waals surface area contributed by atoms with Gasteiger partial charge in [-0.2, -0.15) is 5.10 Å². The molecule has 0 heterocycles. The number of rotatable bonds is 5. The van der Waals surface area contributed by atoms with E-state index in [1.807, 2.05) is 48.5 Å². The Morgan fingerprint density at radius 2 is 1.77 bits per heavy atom. The first-order chi connectivity index (χ1) is 10.7. The molecule has 0 fully saturated rings. The van der Waals surface area contributed by atoms with E-state index in [0.29, 0.717) is 5.11 Å². The van der Waals surface area contributed by atoms with Crippen LogP contribution in [0.5, 0.6) is 11.5 Å². The van der Waals surface area contributed by atoms with E-state index in [1.165, 1.54) is 0 Å². The number of thiocarbonyl (C=S) groups is 1. The van der Waals surface area contributed by atoms with Crippen LogP contribution in [0.4, 0.5) is 5.69 Å². The number of anilines is 1. The molecule has 2 aromatic carbocycles. The largest absolute Gasteiger partial charge is 0.497 e. The third kappa shape index (κ3) is 4.46. The number of para-hydroxylation sites is 1. The second-order valence-electron chi connectivity index (χ2n) is 4.29. The van der Waals surface area contributed by atoms with Crippen LogP contribution >= 0.6 is 12.2 Å². The van der Waals surface area contributed by atoms with Gasteiger partial charge in [0, 0.05) is 11.3 Å². The van der Waals surface area contributed by atoms with Crippen LogP contribution in [0.1, 0.15) is 5.56 Å². The zero-order chi connectivity index (χ0) is 15.8. The van der Waals surface area contributed by atoms with Gasteiger partial charge in [-0.1, -0.05) is 12.1 Å². The SMILES string of the molecule is COc1ccc(NC(=S)N/N=C/c2ccccc2OC)cc1. The maximum Gasteiger partial charge on any atom is 0.191 e. The lowest BCUT2D eigenvalue weighted by atomic mass is 10.2. The Morgan fingerprint density at radius 1 is 1.05 bits per heavy atom. The lowest BCUT2D eigenvalue weighted by molar-refractivity contribution is 0.414. The third-order valence-corrected chi connectivity index (χ3v) is 3.05. The van der Waals surface area contributed by atoms with Crippen molar-refractivity contribution in [1.82, 2.24) is 5.43 Å². The zero-order valence-electron chi connectivity index (χ0n) is 12.4. The van der Waals surface area contributed by atoms with Crippen molar-refractivity contribution in [3.05, 3.63) is 54.1 Å². The highest BCUT2D eigenvalue weighted by molar-refractivity contribution is 7.80. The molecule has 0 atom stereocenters. The van der Waals surface area contributed by atoms with Crippen molar-refractivity contribution < 1.29 is 9.47 Å². The minimum absolute atomic E-state index is 0.399. The molecule has 0 aliphatic rings. The highest BCUT2D eigenvalue weighted by atomic mass is 32.1. The normalized spacial score (nSPS) is 10.3. The summed E-state index contributed by atoms with van der Waals surface area (Å²) in [5.74, 6) is 1.54. The first-order valence-corrected chi connectivity index (χ1v) is 7.01. The summed E-state index contributed by atoms with van der Waals surface area (Å²) in [6.07, 6.45) is 1.65. The lowest BCUT2D eigenvalue weighted by Gasteiger charge is -2.08. The predicted molar refractivity (Wildman–Crippen MR) is 92.9 cm³/mol. The molecule has 0 aromatic heterocycles. The highest BCUT2D eigenvalue weighted by Crippen LogP contribution is 2.15. The lowest BCUT2D eigenvalue weighted by Crippen LogP contribution is -2.23. The van der Waals surface area contributed by atoms with Gasteiger partial charge in [-0.3, -0.25) is 5.43 Å². The van der Waals surface area contributed by atoms with Gasteiger partial charge in [0.2, 0.25) is 0 Å². The van der Waals surface area contributed by atoms with Gasteiger partial charge in [0.1, 0.15) is 11.5 Å². The minimum Gasteiger partial charge on any atom is -0.497 e. The molecule has 0 radical (unpaired) electrons. The van der Waals surface area contributed by atoms with E-state index in [2.05, 4.69) is 15.8 Å². The van der Waals surface area contributed by atoms with Gasteiger partial charge in [-0.15, -0.1) is 0 Å². The monoisotopic (exact) mass is 315 g/mol. The van der Waals surface area contributed by atoms with Gasteiger partial charge in [0.25, 0.3) is 0 Å². The van der Waals surface area contributed by atoms with E-state index in [1.54, 1.807) is 20.4 Å². The maximum absolute atomic E-state index is 5.24. The third-order valence-electron chi connectivity index (χ3n) is 2.86. The summed E-state index contributed by atoms with van der Waals surface area (Å²) in [6.45, 7) is 0. The van der Waals surface area contributed by atoms with Gasteiger partial charge in [-0.05, 0) is 48.6 Å². The van der Waals surface area contributed by atoms with Crippen molar-refractivity contribution in [2.24, 2.45) is 5.10 Å². The Balaban J connectivity index is 1.90. The standard InChI is InChI=1S/C16H17N3O2S/c1-20-14-9-7-13(8-10-14)18-16(22)19-17-11-12-5-3-4-6-15(12)21-2/h3-11H,1-2H3,(H2,18,19,22)/b17-11+. The topological polar surface area (TPSA) is 54.9 Å². The van der Waals surface area contributed by atoms with Crippen LogP contribution in [0, 0.1) is 0 Å². The number of hydrogen-bond acceptors (Lipinski definition) is 4. The second-order valence-corrected chi connectivity index (χ2v) is 4.70. The van der Waals surface area contributed by atoms with Crippen LogP contribution in [-0.2, 0) is 0 Å². The van der Waals surface area contributed by atoms with E-state index in [9.17, 15) is 0 Å². The number of hydrogen-bond donors (Lipinski definition) is 2. The molecule has 0 amide bonds. The molecule has 114 valence electrons. The quantitative estimate of drug-likeness (QED) is 0.505. The Kier molecular flexibility index (Phi) is 5.73. The van der Waals surface area contributed by atoms with Gasteiger partial charge >= 0.3 is 0 Å². The molecule has 5 nitrogen and oxygen atoms in total. The van der Waals surface area contributed by atoms with Gasteiger partial charge in [-0.25, -0.2) is 0 Å². The second kappa shape index (κ2) is 7.99. The summed E-state index contributed by atoms with van der Waals surface area (Å²) >= 11 is 5.18. The van der Waals surface area contributed by atoms with E-state index in [-0.39, 0.29) is 0 Å². The number of nitrogens with one attached hydrogen (secondary N) is 2. The molecule has 0 unspecified atom stereocenters. The Labute approximate surface area is 134 Å². The van der Waals surface area contributed by atoms with Crippen LogP contribution in [0.25, 0.3) is 0 Å². The summed E-state index contributed by atoms with van der Waals surface area (Å²) in [5, 5.41) is 7.52. The van der Waals surface area contributed by atoms with Crippen molar-refractivity contribution in [3.8, 4) is 11.5 Å². The average Bonchev–Trinajstić information content (AvgIpc) is 2.56. The fourth-order valence-electron chi connectivity index (χ4n) is 1.77. The Hall–Kier alpha value is -2.60. The van der Waals surface area contributed by atoms with Crippen molar-refractivity contribution >= 4 is 29.2 Å². The zero-order valence-corrected chi connectivity index (χ0v) is 13.2. The number of nitrogens with zero attached hydrogens (tertiary/aromatic N) is 1. The molecule has 0 aliphatic heterocycles. The van der Waals surface area contributed by atoms with Crippen LogP contribution in [0.15, 0.2) is 53.6 Å². The number of methoxy groups -OCH3 is 2. The fraction of sp³-hybridized carbons (Fsp3) is 0.125.